The fraction of sp³-hybridized carbons (Fsp3) is 0.300. The van der Waals surface area contributed by atoms with Crippen molar-refractivity contribution in [3.05, 3.63) is 70.8 Å². The van der Waals surface area contributed by atoms with Gasteiger partial charge in [-0.2, -0.15) is 0 Å². The Hall–Kier alpha value is -2.62. The first kappa shape index (κ1) is 17.7. The van der Waals surface area contributed by atoms with Crippen LogP contribution in [-0.2, 0) is 15.0 Å². The third-order valence-electron chi connectivity index (χ3n) is 4.52. The summed E-state index contributed by atoms with van der Waals surface area (Å²) in [6, 6.07) is 14.9. The zero-order chi connectivity index (χ0) is 17.7. The van der Waals surface area contributed by atoms with Crippen LogP contribution in [0.5, 0.6) is 0 Å². The smallest absolute Gasteiger partial charge is 0.318 e. The van der Waals surface area contributed by atoms with Gasteiger partial charge in [0.05, 0.1) is 0 Å². The van der Waals surface area contributed by atoms with Crippen LogP contribution in [0, 0.1) is 13.8 Å². The van der Waals surface area contributed by atoms with Crippen LogP contribution < -0.4 is 0 Å². The van der Waals surface area contributed by atoms with Crippen molar-refractivity contribution in [1.82, 2.24) is 0 Å². The Morgan fingerprint density at radius 3 is 1.71 bits per heavy atom. The number of rotatable bonds is 7. The SMILES string of the molecule is Cc1ccccc1C(CCCC(=O)O)(C(=O)O)c1ccccc1C. The van der Waals surface area contributed by atoms with E-state index in [-0.39, 0.29) is 12.8 Å². The van der Waals surface area contributed by atoms with E-state index < -0.39 is 17.4 Å². The molecule has 0 aliphatic carbocycles. The molecule has 24 heavy (non-hydrogen) atoms. The molecule has 4 nitrogen and oxygen atoms in total. The molecule has 126 valence electrons. The van der Waals surface area contributed by atoms with Crippen LogP contribution in [0.1, 0.15) is 41.5 Å². The predicted molar refractivity (Wildman–Crippen MR) is 92.3 cm³/mol. The van der Waals surface area contributed by atoms with Crippen LogP contribution in [0.15, 0.2) is 48.5 Å². The molecule has 0 saturated carbocycles. The number of carbonyl (C=O) groups is 2. The van der Waals surface area contributed by atoms with E-state index in [1.165, 1.54) is 0 Å². The van der Waals surface area contributed by atoms with Crippen LogP contribution in [0.25, 0.3) is 0 Å². The van der Waals surface area contributed by atoms with Gasteiger partial charge in [-0.1, -0.05) is 48.5 Å². The zero-order valence-corrected chi connectivity index (χ0v) is 14.0. The number of hydrogen-bond acceptors (Lipinski definition) is 2. The summed E-state index contributed by atoms with van der Waals surface area (Å²) in [5.74, 6) is -1.86. The van der Waals surface area contributed by atoms with E-state index in [1.807, 2.05) is 62.4 Å². The molecule has 2 N–H and O–H groups in total. The second kappa shape index (κ2) is 7.30. The lowest BCUT2D eigenvalue weighted by molar-refractivity contribution is -0.143. The average molecular weight is 326 g/mol. The Balaban J connectivity index is 2.66. The van der Waals surface area contributed by atoms with E-state index >= 15 is 0 Å². The van der Waals surface area contributed by atoms with Crippen molar-refractivity contribution in [3.63, 3.8) is 0 Å². The highest BCUT2D eigenvalue weighted by atomic mass is 16.4. The van der Waals surface area contributed by atoms with Crippen LogP contribution in [0.3, 0.4) is 0 Å². The van der Waals surface area contributed by atoms with E-state index in [1.54, 1.807) is 0 Å². The van der Waals surface area contributed by atoms with Gasteiger partial charge in [0.15, 0.2) is 0 Å². The minimum absolute atomic E-state index is 0.0488. The molecule has 2 rings (SSSR count). The summed E-state index contributed by atoms with van der Waals surface area (Å²) >= 11 is 0. The predicted octanol–water partition coefficient (Wildman–Crippen LogP) is 3.93. The summed E-state index contributed by atoms with van der Waals surface area (Å²) in [7, 11) is 0. The summed E-state index contributed by atoms with van der Waals surface area (Å²) in [5, 5.41) is 19.1. The van der Waals surface area contributed by atoms with Gasteiger partial charge in [0.2, 0.25) is 0 Å². The highest BCUT2D eigenvalue weighted by Gasteiger charge is 2.43. The highest BCUT2D eigenvalue weighted by molar-refractivity contribution is 5.87. The minimum Gasteiger partial charge on any atom is -0.481 e. The summed E-state index contributed by atoms with van der Waals surface area (Å²) in [6.45, 7) is 3.78. The maximum Gasteiger partial charge on any atom is 0.318 e. The van der Waals surface area contributed by atoms with Gasteiger partial charge in [-0.3, -0.25) is 9.59 Å². The molecule has 0 unspecified atom stereocenters. The third-order valence-corrected chi connectivity index (χ3v) is 4.52. The lowest BCUT2D eigenvalue weighted by atomic mass is 9.68. The quantitative estimate of drug-likeness (QED) is 0.808. The van der Waals surface area contributed by atoms with Crippen molar-refractivity contribution in [2.45, 2.75) is 38.5 Å². The first-order chi connectivity index (χ1) is 11.4. The topological polar surface area (TPSA) is 74.6 Å². The summed E-state index contributed by atoms with van der Waals surface area (Å²) in [4.78, 5) is 23.4. The molecule has 0 amide bonds. The molecule has 0 radical (unpaired) electrons. The average Bonchev–Trinajstić information content (AvgIpc) is 2.53. The Morgan fingerprint density at radius 1 is 0.875 bits per heavy atom. The number of aryl methyl sites for hydroxylation is 2. The molecule has 2 aromatic carbocycles. The molecule has 0 bridgehead atoms. The molecule has 0 saturated heterocycles. The fourth-order valence-electron chi connectivity index (χ4n) is 3.36. The Morgan fingerprint density at radius 2 is 1.33 bits per heavy atom. The van der Waals surface area contributed by atoms with Gasteiger partial charge < -0.3 is 10.2 Å². The van der Waals surface area contributed by atoms with Gasteiger partial charge in [-0.15, -0.1) is 0 Å². The number of hydrogen-bond donors (Lipinski definition) is 2. The maximum absolute atomic E-state index is 12.5. The van der Waals surface area contributed by atoms with Crippen LogP contribution in [0.2, 0.25) is 0 Å². The van der Waals surface area contributed by atoms with E-state index in [0.717, 1.165) is 22.3 Å². The largest absolute Gasteiger partial charge is 0.481 e. The summed E-state index contributed by atoms with van der Waals surface area (Å²) in [5.41, 5.74) is 1.97. The van der Waals surface area contributed by atoms with E-state index in [9.17, 15) is 14.7 Å². The third kappa shape index (κ3) is 3.32. The van der Waals surface area contributed by atoms with Crippen molar-refractivity contribution in [1.29, 1.82) is 0 Å². The monoisotopic (exact) mass is 326 g/mol. The number of carboxylic acids is 2. The molecule has 0 aromatic heterocycles. The van der Waals surface area contributed by atoms with Crippen molar-refractivity contribution in [2.24, 2.45) is 0 Å². The number of carboxylic acid groups (broad SMARTS) is 2. The molecule has 0 atom stereocenters. The minimum atomic E-state index is -1.24. The molecule has 4 heteroatoms. The van der Waals surface area contributed by atoms with Gasteiger partial charge in [-0.05, 0) is 48.9 Å². The van der Waals surface area contributed by atoms with E-state index in [2.05, 4.69) is 0 Å². The van der Waals surface area contributed by atoms with Crippen LogP contribution >= 0.6 is 0 Å². The molecular formula is C20H22O4. The summed E-state index contributed by atoms with van der Waals surface area (Å²) < 4.78 is 0. The van der Waals surface area contributed by atoms with Gasteiger partial charge in [0.1, 0.15) is 5.41 Å². The van der Waals surface area contributed by atoms with Crippen molar-refractivity contribution in [2.75, 3.05) is 0 Å². The lowest BCUT2D eigenvalue weighted by Gasteiger charge is -2.33. The standard InChI is InChI=1S/C20H22O4/c1-14-8-3-5-10-16(14)20(19(23)24,13-7-12-18(21)22)17-11-6-4-9-15(17)2/h3-6,8-11H,7,12-13H2,1-2H3,(H,21,22)(H,23,24). The Bertz CT molecular complexity index is 703. The van der Waals surface area contributed by atoms with Crippen molar-refractivity contribution >= 4 is 11.9 Å². The van der Waals surface area contributed by atoms with Gasteiger partial charge in [-0.25, -0.2) is 0 Å². The zero-order valence-electron chi connectivity index (χ0n) is 14.0. The van der Waals surface area contributed by atoms with Crippen molar-refractivity contribution in [3.8, 4) is 0 Å². The second-order valence-corrected chi connectivity index (χ2v) is 6.09. The maximum atomic E-state index is 12.5. The molecule has 2 aromatic rings. The summed E-state index contributed by atoms with van der Waals surface area (Å²) in [6.07, 6.45) is 0.488. The normalized spacial score (nSPS) is 11.2. The van der Waals surface area contributed by atoms with Crippen molar-refractivity contribution < 1.29 is 19.8 Å². The fourth-order valence-corrected chi connectivity index (χ4v) is 3.36. The second-order valence-electron chi connectivity index (χ2n) is 6.09. The van der Waals surface area contributed by atoms with Gasteiger partial charge in [0, 0.05) is 6.42 Å². The van der Waals surface area contributed by atoms with E-state index in [4.69, 9.17) is 5.11 Å². The first-order valence-electron chi connectivity index (χ1n) is 7.97. The van der Waals surface area contributed by atoms with Crippen LogP contribution in [-0.4, -0.2) is 22.2 Å². The molecule has 0 spiro atoms. The molecule has 0 fully saturated rings. The molecule has 0 aliphatic heterocycles. The Labute approximate surface area is 141 Å². The first-order valence-corrected chi connectivity index (χ1v) is 7.97. The molecule has 0 heterocycles. The number of aliphatic carboxylic acids is 2. The van der Waals surface area contributed by atoms with Gasteiger partial charge in [0.25, 0.3) is 0 Å². The lowest BCUT2D eigenvalue weighted by Crippen LogP contribution is -2.38. The molecule has 0 aliphatic rings. The van der Waals surface area contributed by atoms with Gasteiger partial charge >= 0.3 is 11.9 Å². The highest BCUT2D eigenvalue weighted by Crippen LogP contribution is 2.40. The van der Waals surface area contributed by atoms with E-state index in [0.29, 0.717) is 6.42 Å². The number of benzene rings is 2. The molecular weight excluding hydrogens is 304 g/mol. The Kier molecular flexibility index (Phi) is 5.39. The van der Waals surface area contributed by atoms with Crippen LogP contribution in [0.4, 0.5) is 0 Å².